The first kappa shape index (κ1) is 14.9. The Morgan fingerprint density at radius 3 is 2.71 bits per heavy atom. The van der Waals surface area contributed by atoms with Crippen LogP contribution in [0.1, 0.15) is 31.4 Å². The van der Waals surface area contributed by atoms with Crippen molar-refractivity contribution in [2.75, 3.05) is 45.8 Å². The van der Waals surface area contributed by atoms with E-state index in [2.05, 4.69) is 39.2 Å². The molecule has 2 atom stereocenters. The third kappa shape index (κ3) is 4.02. The van der Waals surface area contributed by atoms with Crippen molar-refractivity contribution in [1.29, 1.82) is 0 Å². The maximum absolute atomic E-state index is 4.19. The molecule has 2 fully saturated rings. The van der Waals surface area contributed by atoms with Gasteiger partial charge >= 0.3 is 0 Å². The summed E-state index contributed by atoms with van der Waals surface area (Å²) in [7, 11) is 0. The second-order valence-corrected chi connectivity index (χ2v) is 6.59. The van der Waals surface area contributed by atoms with E-state index in [4.69, 9.17) is 0 Å². The molecular weight excluding hydrogens is 260 g/mol. The van der Waals surface area contributed by atoms with Crippen LogP contribution in [0.4, 0.5) is 0 Å². The van der Waals surface area contributed by atoms with Crippen LogP contribution in [-0.4, -0.2) is 60.6 Å². The van der Waals surface area contributed by atoms with Gasteiger partial charge in [0.15, 0.2) is 0 Å². The Morgan fingerprint density at radius 2 is 2.00 bits per heavy atom. The van der Waals surface area contributed by atoms with Crippen LogP contribution in [0.15, 0.2) is 24.5 Å². The third-order valence-electron chi connectivity index (χ3n) is 4.86. The molecule has 0 aliphatic carbocycles. The number of piperidine rings is 1. The molecule has 0 spiro atoms. The average molecular weight is 288 g/mol. The quantitative estimate of drug-likeness (QED) is 0.915. The monoisotopic (exact) mass is 288 g/mol. The maximum Gasteiger partial charge on any atom is 0.0477 e. The first-order valence-corrected chi connectivity index (χ1v) is 8.40. The molecule has 3 rings (SSSR count). The van der Waals surface area contributed by atoms with Crippen LogP contribution >= 0.6 is 0 Å². The van der Waals surface area contributed by atoms with Gasteiger partial charge in [-0.3, -0.25) is 9.88 Å². The van der Waals surface area contributed by atoms with E-state index in [1.165, 1.54) is 31.5 Å². The fourth-order valence-electron chi connectivity index (χ4n) is 3.71. The van der Waals surface area contributed by atoms with Gasteiger partial charge in [-0.25, -0.2) is 0 Å². The number of rotatable bonds is 4. The van der Waals surface area contributed by atoms with E-state index < -0.39 is 0 Å². The van der Waals surface area contributed by atoms with Gasteiger partial charge in [0.2, 0.25) is 0 Å². The Morgan fingerprint density at radius 1 is 1.24 bits per heavy atom. The van der Waals surface area contributed by atoms with Gasteiger partial charge in [-0.2, -0.15) is 0 Å². The van der Waals surface area contributed by atoms with E-state index in [1.54, 1.807) is 0 Å². The summed E-state index contributed by atoms with van der Waals surface area (Å²) in [5.74, 6) is 0.847. The Labute approximate surface area is 128 Å². The molecule has 0 aromatic carbocycles. The predicted octanol–water partition coefficient (Wildman–Crippen LogP) is 1.76. The van der Waals surface area contributed by atoms with Gasteiger partial charge in [0, 0.05) is 57.7 Å². The Kier molecular flexibility index (Phi) is 5.22. The fraction of sp³-hybridized carbons (Fsp3) is 0.706. The minimum Gasteiger partial charge on any atom is -0.314 e. The molecule has 0 radical (unpaired) electrons. The molecule has 4 nitrogen and oxygen atoms in total. The van der Waals surface area contributed by atoms with E-state index in [9.17, 15) is 0 Å². The minimum absolute atomic E-state index is 0.514. The Balaban J connectivity index is 1.72. The average Bonchev–Trinajstić information content (AvgIpc) is 2.54. The lowest BCUT2D eigenvalue weighted by Crippen LogP contribution is -2.49. The molecule has 0 amide bonds. The number of nitrogens with one attached hydrogen (secondary N) is 1. The van der Waals surface area contributed by atoms with Crippen LogP contribution in [0, 0.1) is 5.92 Å². The predicted molar refractivity (Wildman–Crippen MR) is 86.3 cm³/mol. The van der Waals surface area contributed by atoms with Crippen molar-refractivity contribution in [2.45, 2.75) is 25.8 Å². The SMILES string of the molecule is CC1CCCN(CC(c2ccncc2)N2CCNCC2)C1. The van der Waals surface area contributed by atoms with Gasteiger partial charge in [0.05, 0.1) is 0 Å². The van der Waals surface area contributed by atoms with Crippen LogP contribution in [0.25, 0.3) is 0 Å². The highest BCUT2D eigenvalue weighted by Gasteiger charge is 2.26. The summed E-state index contributed by atoms with van der Waals surface area (Å²) in [4.78, 5) is 9.50. The summed E-state index contributed by atoms with van der Waals surface area (Å²) in [5.41, 5.74) is 1.42. The number of hydrogen-bond acceptors (Lipinski definition) is 4. The molecule has 21 heavy (non-hydrogen) atoms. The zero-order chi connectivity index (χ0) is 14.5. The Hall–Kier alpha value is -0.970. The Bertz CT molecular complexity index is 416. The summed E-state index contributed by atoms with van der Waals surface area (Å²) in [6, 6.07) is 4.90. The first-order chi connectivity index (χ1) is 10.3. The molecule has 2 aliphatic rings. The molecule has 2 saturated heterocycles. The van der Waals surface area contributed by atoms with Crippen LogP contribution in [0.3, 0.4) is 0 Å². The highest BCUT2D eigenvalue weighted by Crippen LogP contribution is 2.24. The molecule has 2 unspecified atom stereocenters. The van der Waals surface area contributed by atoms with Crippen molar-refractivity contribution in [3.05, 3.63) is 30.1 Å². The number of hydrogen-bond donors (Lipinski definition) is 1. The summed E-state index contributed by atoms with van der Waals surface area (Å²) in [6.07, 6.45) is 6.61. The van der Waals surface area contributed by atoms with E-state index in [0.717, 1.165) is 38.6 Å². The fourth-order valence-corrected chi connectivity index (χ4v) is 3.71. The smallest absolute Gasteiger partial charge is 0.0477 e. The summed E-state index contributed by atoms with van der Waals surface area (Å²) < 4.78 is 0. The van der Waals surface area contributed by atoms with Crippen molar-refractivity contribution in [3.8, 4) is 0 Å². The van der Waals surface area contributed by atoms with Crippen molar-refractivity contribution < 1.29 is 0 Å². The van der Waals surface area contributed by atoms with Crippen molar-refractivity contribution in [2.24, 2.45) is 5.92 Å². The van der Waals surface area contributed by atoms with Gasteiger partial charge in [0.1, 0.15) is 0 Å². The lowest BCUT2D eigenvalue weighted by molar-refractivity contribution is 0.100. The molecule has 2 aliphatic heterocycles. The molecule has 0 saturated carbocycles. The summed E-state index contributed by atoms with van der Waals surface area (Å²) in [6.45, 7) is 10.6. The second kappa shape index (κ2) is 7.34. The lowest BCUT2D eigenvalue weighted by Gasteiger charge is -2.40. The van der Waals surface area contributed by atoms with Crippen LogP contribution in [0.5, 0.6) is 0 Å². The van der Waals surface area contributed by atoms with Crippen molar-refractivity contribution in [3.63, 3.8) is 0 Å². The van der Waals surface area contributed by atoms with Gasteiger partial charge in [-0.1, -0.05) is 6.92 Å². The lowest BCUT2D eigenvalue weighted by atomic mass is 9.98. The highest BCUT2D eigenvalue weighted by atomic mass is 15.3. The molecule has 0 bridgehead atoms. The molecule has 4 heteroatoms. The van der Waals surface area contributed by atoms with Gasteiger partial charge in [-0.15, -0.1) is 0 Å². The number of pyridine rings is 1. The molecule has 3 heterocycles. The van der Waals surface area contributed by atoms with E-state index in [-0.39, 0.29) is 0 Å². The van der Waals surface area contributed by atoms with Crippen LogP contribution < -0.4 is 5.32 Å². The molecule has 1 aromatic heterocycles. The van der Waals surface area contributed by atoms with Crippen molar-refractivity contribution >= 4 is 0 Å². The summed E-state index contributed by atoms with van der Waals surface area (Å²) in [5, 5.41) is 3.46. The zero-order valence-electron chi connectivity index (χ0n) is 13.2. The van der Waals surface area contributed by atoms with Crippen LogP contribution in [-0.2, 0) is 0 Å². The van der Waals surface area contributed by atoms with E-state index in [0.29, 0.717) is 6.04 Å². The molecule has 1 aromatic rings. The van der Waals surface area contributed by atoms with Crippen LogP contribution in [0.2, 0.25) is 0 Å². The summed E-state index contributed by atoms with van der Waals surface area (Å²) >= 11 is 0. The van der Waals surface area contributed by atoms with Gasteiger partial charge < -0.3 is 10.2 Å². The van der Waals surface area contributed by atoms with Gasteiger partial charge in [0.25, 0.3) is 0 Å². The van der Waals surface area contributed by atoms with Gasteiger partial charge in [-0.05, 0) is 43.0 Å². The number of aromatic nitrogens is 1. The maximum atomic E-state index is 4.19. The number of piperazine rings is 1. The normalized spacial score (nSPS) is 26.6. The third-order valence-corrected chi connectivity index (χ3v) is 4.86. The second-order valence-electron chi connectivity index (χ2n) is 6.59. The standard InChI is InChI=1S/C17H28N4/c1-15-3-2-10-20(13-15)14-17(16-4-6-18-7-5-16)21-11-8-19-9-12-21/h4-7,15,17,19H,2-3,8-14H2,1H3. The largest absolute Gasteiger partial charge is 0.314 e. The number of nitrogens with zero attached hydrogens (tertiary/aromatic N) is 3. The molecular formula is C17H28N4. The van der Waals surface area contributed by atoms with Crippen molar-refractivity contribution in [1.82, 2.24) is 20.1 Å². The van der Waals surface area contributed by atoms with E-state index >= 15 is 0 Å². The van der Waals surface area contributed by atoms with E-state index in [1.807, 2.05) is 12.4 Å². The zero-order valence-corrected chi connectivity index (χ0v) is 13.2. The number of likely N-dealkylation sites (tertiary alicyclic amines) is 1. The minimum atomic E-state index is 0.514. The molecule has 116 valence electrons. The first-order valence-electron chi connectivity index (χ1n) is 8.40. The highest BCUT2D eigenvalue weighted by molar-refractivity contribution is 5.16. The topological polar surface area (TPSA) is 31.4 Å². The molecule has 1 N–H and O–H groups in total.